The molecule has 0 unspecified atom stereocenters. The van der Waals surface area contributed by atoms with Gasteiger partial charge in [0.2, 0.25) is 0 Å². The molecular formula is C13H21NO3. The van der Waals surface area contributed by atoms with Crippen molar-refractivity contribution < 1.29 is 14.3 Å². The standard InChI is InChI=1S/C13H21NO3/c1-8(2)14-9(15)13-7-6-12(5,10(16)17-13)11(13,3)4/h8H,6-7H2,1-5H3,(H,14,15)/t12-,13+/m0/s1. The molecule has 2 atom stereocenters. The summed E-state index contributed by atoms with van der Waals surface area (Å²) in [4.78, 5) is 24.3. The van der Waals surface area contributed by atoms with Crippen molar-refractivity contribution in [3.05, 3.63) is 0 Å². The van der Waals surface area contributed by atoms with E-state index in [2.05, 4.69) is 5.32 Å². The molecule has 0 aromatic carbocycles. The molecule has 4 heteroatoms. The zero-order valence-corrected chi connectivity index (χ0v) is 11.2. The average Bonchev–Trinajstić information content (AvgIpc) is 2.47. The minimum absolute atomic E-state index is 0.0545. The number of fused-ring (bicyclic) bond motifs is 2. The van der Waals surface area contributed by atoms with Crippen molar-refractivity contribution in [1.29, 1.82) is 0 Å². The fraction of sp³-hybridized carbons (Fsp3) is 0.846. The van der Waals surface area contributed by atoms with E-state index in [9.17, 15) is 9.59 Å². The van der Waals surface area contributed by atoms with Crippen LogP contribution in [0.4, 0.5) is 0 Å². The van der Waals surface area contributed by atoms with Crippen molar-refractivity contribution in [3.8, 4) is 0 Å². The molecule has 1 amide bonds. The van der Waals surface area contributed by atoms with Crippen molar-refractivity contribution in [2.45, 2.75) is 59.1 Å². The van der Waals surface area contributed by atoms with Gasteiger partial charge in [0.25, 0.3) is 5.91 Å². The topological polar surface area (TPSA) is 55.4 Å². The highest BCUT2D eigenvalue weighted by Gasteiger charge is 2.75. The van der Waals surface area contributed by atoms with E-state index < -0.39 is 16.4 Å². The van der Waals surface area contributed by atoms with Gasteiger partial charge in [-0.05, 0) is 33.6 Å². The summed E-state index contributed by atoms with van der Waals surface area (Å²) < 4.78 is 5.48. The molecule has 17 heavy (non-hydrogen) atoms. The molecule has 0 aromatic heterocycles. The molecule has 2 rings (SSSR count). The van der Waals surface area contributed by atoms with Gasteiger partial charge in [-0.15, -0.1) is 0 Å². The molecule has 1 saturated heterocycles. The summed E-state index contributed by atoms with van der Waals surface area (Å²) in [5, 5.41) is 2.88. The number of carbonyl (C=O) groups excluding carboxylic acids is 2. The summed E-state index contributed by atoms with van der Waals surface area (Å²) in [6.07, 6.45) is 1.35. The van der Waals surface area contributed by atoms with Gasteiger partial charge in [-0.3, -0.25) is 9.59 Å². The van der Waals surface area contributed by atoms with Crippen LogP contribution in [-0.4, -0.2) is 23.5 Å². The lowest BCUT2D eigenvalue weighted by Crippen LogP contribution is -2.54. The number of amides is 1. The van der Waals surface area contributed by atoms with Gasteiger partial charge in [-0.25, -0.2) is 0 Å². The lowest BCUT2D eigenvalue weighted by molar-refractivity contribution is -0.168. The fourth-order valence-electron chi connectivity index (χ4n) is 3.13. The zero-order chi connectivity index (χ0) is 13.1. The molecule has 2 fully saturated rings. The first kappa shape index (κ1) is 12.4. The van der Waals surface area contributed by atoms with Crippen molar-refractivity contribution in [1.82, 2.24) is 5.32 Å². The van der Waals surface area contributed by atoms with Crippen molar-refractivity contribution in [2.75, 3.05) is 0 Å². The Morgan fingerprint density at radius 3 is 2.24 bits per heavy atom. The number of carbonyl (C=O) groups is 2. The molecule has 0 radical (unpaired) electrons. The second-order valence-corrected chi connectivity index (χ2v) is 6.30. The summed E-state index contributed by atoms with van der Waals surface area (Å²) in [7, 11) is 0. The molecule has 96 valence electrons. The third kappa shape index (κ3) is 1.24. The van der Waals surface area contributed by atoms with E-state index in [1.165, 1.54) is 0 Å². The lowest BCUT2D eigenvalue weighted by Gasteiger charge is -2.35. The van der Waals surface area contributed by atoms with Crippen molar-refractivity contribution >= 4 is 11.9 Å². The minimum atomic E-state index is -0.969. The first-order valence-corrected chi connectivity index (χ1v) is 6.22. The van der Waals surface area contributed by atoms with Crippen LogP contribution < -0.4 is 5.32 Å². The second kappa shape index (κ2) is 3.24. The normalized spacial score (nSPS) is 38.4. The Labute approximate surface area is 102 Å². The van der Waals surface area contributed by atoms with Crippen LogP contribution >= 0.6 is 0 Å². The van der Waals surface area contributed by atoms with Gasteiger partial charge >= 0.3 is 5.97 Å². The van der Waals surface area contributed by atoms with E-state index in [-0.39, 0.29) is 17.9 Å². The summed E-state index contributed by atoms with van der Waals surface area (Å²) in [6.45, 7) is 9.65. The van der Waals surface area contributed by atoms with E-state index in [4.69, 9.17) is 4.74 Å². The van der Waals surface area contributed by atoms with Gasteiger partial charge in [0.05, 0.1) is 5.41 Å². The van der Waals surface area contributed by atoms with Crippen LogP contribution in [0, 0.1) is 10.8 Å². The smallest absolute Gasteiger partial charge is 0.313 e. The zero-order valence-electron chi connectivity index (χ0n) is 11.2. The van der Waals surface area contributed by atoms with Crippen LogP contribution in [0.3, 0.4) is 0 Å². The van der Waals surface area contributed by atoms with Crippen LogP contribution in [-0.2, 0) is 14.3 Å². The quantitative estimate of drug-likeness (QED) is 0.745. The summed E-state index contributed by atoms with van der Waals surface area (Å²) in [5.74, 6) is -0.375. The summed E-state index contributed by atoms with van der Waals surface area (Å²) in [5.41, 5.74) is -1.94. The molecule has 1 N–H and O–H groups in total. The highest BCUT2D eigenvalue weighted by molar-refractivity contribution is 5.96. The van der Waals surface area contributed by atoms with Crippen molar-refractivity contribution in [2.24, 2.45) is 10.8 Å². The van der Waals surface area contributed by atoms with Crippen LogP contribution in [0.15, 0.2) is 0 Å². The largest absolute Gasteiger partial charge is 0.448 e. The van der Waals surface area contributed by atoms with Gasteiger partial charge in [-0.2, -0.15) is 0 Å². The first-order chi connectivity index (χ1) is 7.67. The van der Waals surface area contributed by atoms with E-state index in [1.54, 1.807) is 0 Å². The molecule has 1 aliphatic carbocycles. The van der Waals surface area contributed by atoms with Crippen LogP contribution in [0.1, 0.15) is 47.5 Å². The fourth-order valence-corrected chi connectivity index (χ4v) is 3.13. The molecule has 1 heterocycles. The maximum atomic E-state index is 12.4. The molecular weight excluding hydrogens is 218 g/mol. The SMILES string of the molecule is CC(C)NC(=O)[C@@]12CC[C@@](C)(C(=O)O1)C2(C)C. The minimum Gasteiger partial charge on any atom is -0.448 e. The van der Waals surface area contributed by atoms with Gasteiger partial charge in [0.1, 0.15) is 0 Å². The highest BCUT2D eigenvalue weighted by atomic mass is 16.6. The van der Waals surface area contributed by atoms with Gasteiger partial charge in [-0.1, -0.05) is 13.8 Å². The highest BCUT2D eigenvalue weighted by Crippen LogP contribution is 2.65. The lowest BCUT2D eigenvalue weighted by atomic mass is 9.66. The Hall–Kier alpha value is -1.06. The molecule has 0 aromatic rings. The monoisotopic (exact) mass is 239 g/mol. The van der Waals surface area contributed by atoms with Crippen LogP contribution in [0.25, 0.3) is 0 Å². The predicted octanol–water partition coefficient (Wildman–Crippen LogP) is 1.63. The van der Waals surface area contributed by atoms with E-state index in [0.717, 1.165) is 6.42 Å². The third-order valence-electron chi connectivity index (χ3n) is 4.87. The average molecular weight is 239 g/mol. The third-order valence-corrected chi connectivity index (χ3v) is 4.87. The Kier molecular flexibility index (Phi) is 2.36. The molecule has 1 saturated carbocycles. The number of nitrogens with one attached hydrogen (secondary N) is 1. The Morgan fingerprint density at radius 2 is 1.88 bits per heavy atom. The van der Waals surface area contributed by atoms with Gasteiger partial charge < -0.3 is 10.1 Å². The van der Waals surface area contributed by atoms with Crippen LogP contribution in [0.2, 0.25) is 0 Å². The Bertz CT molecular complexity index is 388. The predicted molar refractivity (Wildman–Crippen MR) is 63.2 cm³/mol. The van der Waals surface area contributed by atoms with E-state index >= 15 is 0 Å². The number of hydrogen-bond acceptors (Lipinski definition) is 3. The first-order valence-electron chi connectivity index (χ1n) is 6.22. The van der Waals surface area contributed by atoms with Crippen LogP contribution in [0.5, 0.6) is 0 Å². The van der Waals surface area contributed by atoms with Gasteiger partial charge in [0, 0.05) is 11.5 Å². The second-order valence-electron chi connectivity index (χ2n) is 6.30. The maximum absolute atomic E-state index is 12.4. The van der Waals surface area contributed by atoms with Crippen molar-refractivity contribution in [3.63, 3.8) is 0 Å². The summed E-state index contributed by atoms with van der Waals surface area (Å²) >= 11 is 0. The number of esters is 1. The number of hydrogen-bond donors (Lipinski definition) is 1. The molecule has 2 bridgehead atoms. The number of rotatable bonds is 2. The maximum Gasteiger partial charge on any atom is 0.313 e. The number of ether oxygens (including phenoxy) is 1. The van der Waals surface area contributed by atoms with E-state index in [1.807, 2.05) is 34.6 Å². The van der Waals surface area contributed by atoms with Gasteiger partial charge in [0.15, 0.2) is 5.60 Å². The molecule has 4 nitrogen and oxygen atoms in total. The Balaban J connectivity index is 2.40. The summed E-state index contributed by atoms with van der Waals surface area (Å²) in [6, 6.07) is 0.0545. The Morgan fingerprint density at radius 1 is 1.29 bits per heavy atom. The molecule has 0 spiro atoms. The van der Waals surface area contributed by atoms with E-state index in [0.29, 0.717) is 6.42 Å². The molecule has 2 aliphatic rings. The molecule has 1 aliphatic heterocycles.